The predicted octanol–water partition coefficient (Wildman–Crippen LogP) is 1.65. The molecule has 0 atom stereocenters. The standard InChI is InChI=1S/C15H21N3O2/c1-4-14(20)13-5-6-15(16-11(13)2)18-9-7-17(8-10-18)12(3)19/h5-6H,4,7-10H2,1-3H3. The Hall–Kier alpha value is -1.91. The number of anilines is 1. The molecule has 2 rings (SSSR count). The van der Waals surface area contributed by atoms with Gasteiger partial charge in [-0.1, -0.05) is 6.92 Å². The van der Waals surface area contributed by atoms with Gasteiger partial charge >= 0.3 is 0 Å². The van der Waals surface area contributed by atoms with Crippen LogP contribution in [0.25, 0.3) is 0 Å². The van der Waals surface area contributed by atoms with Crippen molar-refractivity contribution in [1.82, 2.24) is 9.88 Å². The number of aryl methyl sites for hydroxylation is 1. The van der Waals surface area contributed by atoms with E-state index in [9.17, 15) is 9.59 Å². The maximum Gasteiger partial charge on any atom is 0.219 e. The Morgan fingerprint density at radius 2 is 1.85 bits per heavy atom. The number of hydrogen-bond donors (Lipinski definition) is 0. The van der Waals surface area contributed by atoms with Crippen LogP contribution in [0.2, 0.25) is 0 Å². The average molecular weight is 275 g/mol. The van der Waals surface area contributed by atoms with Gasteiger partial charge in [-0.15, -0.1) is 0 Å². The lowest BCUT2D eigenvalue weighted by molar-refractivity contribution is -0.129. The fraction of sp³-hybridized carbons (Fsp3) is 0.533. The topological polar surface area (TPSA) is 53.5 Å². The highest BCUT2D eigenvalue weighted by molar-refractivity contribution is 5.97. The Balaban J connectivity index is 2.09. The van der Waals surface area contributed by atoms with E-state index in [2.05, 4.69) is 9.88 Å². The molecule has 0 unspecified atom stereocenters. The van der Waals surface area contributed by atoms with Crippen LogP contribution in [0.4, 0.5) is 5.82 Å². The zero-order valence-corrected chi connectivity index (χ0v) is 12.3. The minimum Gasteiger partial charge on any atom is -0.353 e. The molecular formula is C15H21N3O2. The Labute approximate surface area is 119 Å². The van der Waals surface area contributed by atoms with E-state index in [1.807, 2.05) is 30.9 Å². The monoisotopic (exact) mass is 275 g/mol. The van der Waals surface area contributed by atoms with Gasteiger partial charge in [0.2, 0.25) is 5.91 Å². The van der Waals surface area contributed by atoms with Crippen LogP contribution in [0.3, 0.4) is 0 Å². The van der Waals surface area contributed by atoms with E-state index in [4.69, 9.17) is 0 Å². The summed E-state index contributed by atoms with van der Waals surface area (Å²) in [6.45, 7) is 8.36. The number of piperazine rings is 1. The van der Waals surface area contributed by atoms with Crippen molar-refractivity contribution in [1.29, 1.82) is 0 Å². The molecule has 5 nitrogen and oxygen atoms in total. The number of hydrogen-bond acceptors (Lipinski definition) is 4. The van der Waals surface area contributed by atoms with Crippen molar-refractivity contribution < 1.29 is 9.59 Å². The molecule has 0 aromatic carbocycles. The molecule has 1 aliphatic heterocycles. The van der Waals surface area contributed by atoms with Crippen LogP contribution in [0.1, 0.15) is 36.3 Å². The number of Topliss-reactive ketones (excluding diaryl/α,β-unsaturated/α-hetero) is 1. The van der Waals surface area contributed by atoms with E-state index in [0.717, 1.165) is 37.7 Å². The highest BCUT2D eigenvalue weighted by Gasteiger charge is 2.20. The Morgan fingerprint density at radius 3 is 2.35 bits per heavy atom. The minimum absolute atomic E-state index is 0.123. The number of carbonyl (C=O) groups excluding carboxylic acids is 2. The van der Waals surface area contributed by atoms with E-state index >= 15 is 0 Å². The van der Waals surface area contributed by atoms with Gasteiger partial charge in [0, 0.05) is 45.1 Å². The van der Waals surface area contributed by atoms with Crippen molar-refractivity contribution in [3.05, 3.63) is 23.4 Å². The molecule has 5 heteroatoms. The van der Waals surface area contributed by atoms with Gasteiger partial charge in [-0.3, -0.25) is 9.59 Å². The highest BCUT2D eigenvalue weighted by atomic mass is 16.2. The van der Waals surface area contributed by atoms with Crippen molar-refractivity contribution in [2.45, 2.75) is 27.2 Å². The van der Waals surface area contributed by atoms with Gasteiger partial charge in [0.1, 0.15) is 5.82 Å². The first-order valence-corrected chi connectivity index (χ1v) is 7.04. The fourth-order valence-corrected chi connectivity index (χ4v) is 2.46. The summed E-state index contributed by atoms with van der Waals surface area (Å²) in [5.41, 5.74) is 1.49. The summed E-state index contributed by atoms with van der Waals surface area (Å²) in [5, 5.41) is 0. The summed E-state index contributed by atoms with van der Waals surface area (Å²) in [4.78, 5) is 31.6. The molecule has 0 saturated carbocycles. The summed E-state index contributed by atoms with van der Waals surface area (Å²) in [6.07, 6.45) is 0.499. The first-order valence-electron chi connectivity index (χ1n) is 7.04. The number of pyridine rings is 1. The zero-order chi connectivity index (χ0) is 14.7. The molecule has 0 bridgehead atoms. The van der Waals surface area contributed by atoms with Gasteiger partial charge < -0.3 is 9.80 Å². The third-order valence-electron chi connectivity index (χ3n) is 3.74. The van der Waals surface area contributed by atoms with E-state index < -0.39 is 0 Å². The number of ketones is 1. The summed E-state index contributed by atoms with van der Waals surface area (Å²) in [6, 6.07) is 3.76. The van der Waals surface area contributed by atoms with Gasteiger partial charge in [-0.05, 0) is 19.1 Å². The van der Waals surface area contributed by atoms with Crippen molar-refractivity contribution in [3.8, 4) is 0 Å². The van der Waals surface area contributed by atoms with Gasteiger partial charge in [-0.25, -0.2) is 4.98 Å². The fourth-order valence-electron chi connectivity index (χ4n) is 2.46. The summed E-state index contributed by atoms with van der Waals surface area (Å²) < 4.78 is 0. The lowest BCUT2D eigenvalue weighted by Gasteiger charge is -2.35. The molecule has 0 spiro atoms. The summed E-state index contributed by atoms with van der Waals surface area (Å²) >= 11 is 0. The second kappa shape index (κ2) is 6.03. The molecule has 1 aliphatic rings. The molecule has 20 heavy (non-hydrogen) atoms. The third kappa shape index (κ3) is 2.98. The van der Waals surface area contributed by atoms with Crippen LogP contribution in [-0.2, 0) is 4.79 Å². The minimum atomic E-state index is 0.123. The van der Waals surface area contributed by atoms with Crippen molar-refractivity contribution >= 4 is 17.5 Å². The Kier molecular flexibility index (Phi) is 4.37. The number of rotatable bonds is 3. The molecule has 2 heterocycles. The van der Waals surface area contributed by atoms with Gasteiger partial charge in [0.05, 0.1) is 5.69 Å². The van der Waals surface area contributed by atoms with Crippen LogP contribution < -0.4 is 4.90 Å². The molecule has 0 radical (unpaired) electrons. The largest absolute Gasteiger partial charge is 0.353 e. The molecule has 0 N–H and O–H groups in total. The van der Waals surface area contributed by atoms with Gasteiger partial charge in [-0.2, -0.15) is 0 Å². The predicted molar refractivity (Wildman–Crippen MR) is 78.1 cm³/mol. The van der Waals surface area contributed by atoms with E-state index in [1.165, 1.54) is 0 Å². The van der Waals surface area contributed by atoms with Gasteiger partial charge in [0.25, 0.3) is 0 Å². The smallest absolute Gasteiger partial charge is 0.219 e. The summed E-state index contributed by atoms with van der Waals surface area (Å²) in [5.74, 6) is 1.14. The van der Waals surface area contributed by atoms with Crippen LogP contribution in [0.5, 0.6) is 0 Å². The molecular weight excluding hydrogens is 254 g/mol. The van der Waals surface area contributed by atoms with Crippen molar-refractivity contribution in [2.75, 3.05) is 31.1 Å². The van der Waals surface area contributed by atoms with Crippen LogP contribution in [0, 0.1) is 6.92 Å². The normalized spacial score (nSPS) is 15.3. The quantitative estimate of drug-likeness (QED) is 0.787. The number of aromatic nitrogens is 1. The number of amides is 1. The van der Waals surface area contributed by atoms with Crippen LogP contribution in [-0.4, -0.2) is 47.8 Å². The Morgan fingerprint density at radius 1 is 1.20 bits per heavy atom. The third-order valence-corrected chi connectivity index (χ3v) is 3.74. The second-order valence-corrected chi connectivity index (χ2v) is 5.07. The lowest BCUT2D eigenvalue weighted by Crippen LogP contribution is -2.48. The van der Waals surface area contributed by atoms with Crippen LogP contribution >= 0.6 is 0 Å². The van der Waals surface area contributed by atoms with E-state index in [0.29, 0.717) is 12.0 Å². The maximum atomic E-state index is 11.7. The Bertz CT molecular complexity index is 520. The first kappa shape index (κ1) is 14.5. The van der Waals surface area contributed by atoms with Crippen molar-refractivity contribution in [3.63, 3.8) is 0 Å². The highest BCUT2D eigenvalue weighted by Crippen LogP contribution is 2.17. The van der Waals surface area contributed by atoms with E-state index in [1.54, 1.807) is 6.92 Å². The molecule has 1 saturated heterocycles. The molecule has 108 valence electrons. The number of carbonyl (C=O) groups is 2. The van der Waals surface area contributed by atoms with Crippen molar-refractivity contribution in [2.24, 2.45) is 0 Å². The number of nitrogens with zero attached hydrogens (tertiary/aromatic N) is 3. The summed E-state index contributed by atoms with van der Waals surface area (Å²) in [7, 11) is 0. The molecule has 1 aromatic heterocycles. The molecule has 1 fully saturated rings. The average Bonchev–Trinajstić information content (AvgIpc) is 2.46. The maximum absolute atomic E-state index is 11.7. The molecule has 1 amide bonds. The molecule has 0 aliphatic carbocycles. The van der Waals surface area contributed by atoms with Crippen LogP contribution in [0.15, 0.2) is 12.1 Å². The molecule has 1 aromatic rings. The second-order valence-electron chi connectivity index (χ2n) is 5.07. The zero-order valence-electron chi connectivity index (χ0n) is 12.3. The first-order chi connectivity index (χ1) is 9.52. The SMILES string of the molecule is CCC(=O)c1ccc(N2CCN(C(C)=O)CC2)nc1C. The van der Waals surface area contributed by atoms with E-state index in [-0.39, 0.29) is 11.7 Å². The van der Waals surface area contributed by atoms with Gasteiger partial charge in [0.15, 0.2) is 5.78 Å². The lowest BCUT2D eigenvalue weighted by atomic mass is 10.1.